The quantitative estimate of drug-likeness (QED) is 0.829. The fourth-order valence-electron chi connectivity index (χ4n) is 2.09. The molecule has 2 atom stereocenters. The first-order valence-electron chi connectivity index (χ1n) is 7.77. The molecule has 114 valence electrons. The number of benzene rings is 1. The van der Waals surface area contributed by atoms with Crippen molar-refractivity contribution in [1.82, 2.24) is 5.32 Å². The molecule has 1 aromatic rings. The number of nitrogens with one attached hydrogen (secondary N) is 1. The second kappa shape index (κ2) is 7.12. The second-order valence-corrected chi connectivity index (χ2v) is 6.80. The Morgan fingerprint density at radius 3 is 2.35 bits per heavy atom. The van der Waals surface area contributed by atoms with E-state index in [1.165, 1.54) is 11.1 Å². The maximum Gasteiger partial charge on any atom is 0.122 e. The summed E-state index contributed by atoms with van der Waals surface area (Å²) < 4.78 is 6.11. The SMILES string of the molecule is CCCNC(C)C(C)Oc1ccc(C(C)(C)C)cc1C. The van der Waals surface area contributed by atoms with Crippen LogP contribution in [0, 0.1) is 6.92 Å². The summed E-state index contributed by atoms with van der Waals surface area (Å²) in [7, 11) is 0. The van der Waals surface area contributed by atoms with E-state index in [0.717, 1.165) is 18.7 Å². The highest BCUT2D eigenvalue weighted by Gasteiger charge is 2.17. The minimum absolute atomic E-state index is 0.167. The summed E-state index contributed by atoms with van der Waals surface area (Å²) in [5.74, 6) is 0.996. The molecule has 0 aliphatic rings. The van der Waals surface area contributed by atoms with E-state index in [-0.39, 0.29) is 11.5 Å². The first-order valence-corrected chi connectivity index (χ1v) is 7.77. The van der Waals surface area contributed by atoms with Crippen molar-refractivity contribution in [3.63, 3.8) is 0 Å². The van der Waals surface area contributed by atoms with Crippen LogP contribution in [-0.4, -0.2) is 18.7 Å². The van der Waals surface area contributed by atoms with E-state index in [1.807, 2.05) is 0 Å². The van der Waals surface area contributed by atoms with Crippen LogP contribution in [0.25, 0.3) is 0 Å². The lowest BCUT2D eigenvalue weighted by molar-refractivity contribution is 0.177. The molecule has 1 aromatic carbocycles. The van der Waals surface area contributed by atoms with Crippen LogP contribution in [0.5, 0.6) is 5.75 Å². The van der Waals surface area contributed by atoms with Crippen molar-refractivity contribution < 1.29 is 4.74 Å². The second-order valence-electron chi connectivity index (χ2n) is 6.80. The van der Waals surface area contributed by atoms with Crippen LogP contribution in [-0.2, 0) is 5.41 Å². The molecule has 2 heteroatoms. The summed E-state index contributed by atoms with van der Waals surface area (Å²) in [6, 6.07) is 6.89. The van der Waals surface area contributed by atoms with Crippen molar-refractivity contribution in [3.05, 3.63) is 29.3 Å². The average molecular weight is 277 g/mol. The van der Waals surface area contributed by atoms with Gasteiger partial charge in [0, 0.05) is 6.04 Å². The van der Waals surface area contributed by atoms with Gasteiger partial charge in [0.05, 0.1) is 0 Å². The third-order valence-corrected chi connectivity index (χ3v) is 3.77. The maximum absolute atomic E-state index is 6.11. The van der Waals surface area contributed by atoms with Crippen molar-refractivity contribution in [2.24, 2.45) is 0 Å². The van der Waals surface area contributed by atoms with Crippen LogP contribution in [0.15, 0.2) is 18.2 Å². The minimum Gasteiger partial charge on any atom is -0.489 e. The molecule has 0 bridgehead atoms. The van der Waals surface area contributed by atoms with Gasteiger partial charge in [-0.25, -0.2) is 0 Å². The third kappa shape index (κ3) is 4.82. The molecule has 0 aliphatic carbocycles. The topological polar surface area (TPSA) is 21.3 Å². The van der Waals surface area contributed by atoms with Crippen LogP contribution in [0.4, 0.5) is 0 Å². The van der Waals surface area contributed by atoms with Crippen molar-refractivity contribution in [2.75, 3.05) is 6.54 Å². The fraction of sp³-hybridized carbons (Fsp3) is 0.667. The molecule has 20 heavy (non-hydrogen) atoms. The molecule has 0 fully saturated rings. The molecule has 0 spiro atoms. The third-order valence-electron chi connectivity index (χ3n) is 3.77. The van der Waals surface area contributed by atoms with Crippen molar-refractivity contribution >= 4 is 0 Å². The zero-order valence-corrected chi connectivity index (χ0v) is 14.2. The zero-order chi connectivity index (χ0) is 15.3. The van der Waals surface area contributed by atoms with Crippen LogP contribution in [0.1, 0.15) is 59.1 Å². The molecule has 0 aliphatic heterocycles. The van der Waals surface area contributed by atoms with Gasteiger partial charge in [0.1, 0.15) is 11.9 Å². The van der Waals surface area contributed by atoms with Crippen molar-refractivity contribution in [1.29, 1.82) is 0 Å². The van der Waals surface area contributed by atoms with Crippen LogP contribution >= 0.6 is 0 Å². The molecule has 2 nitrogen and oxygen atoms in total. The zero-order valence-electron chi connectivity index (χ0n) is 14.2. The van der Waals surface area contributed by atoms with Gasteiger partial charge in [0.2, 0.25) is 0 Å². The van der Waals surface area contributed by atoms with Gasteiger partial charge >= 0.3 is 0 Å². The first-order chi connectivity index (χ1) is 9.25. The van der Waals surface area contributed by atoms with Gasteiger partial charge in [-0.2, -0.15) is 0 Å². The predicted molar refractivity (Wildman–Crippen MR) is 87.7 cm³/mol. The van der Waals surface area contributed by atoms with E-state index in [9.17, 15) is 0 Å². The standard InChI is InChI=1S/C18H31NO/c1-8-11-19-14(3)15(4)20-17-10-9-16(12-13(17)2)18(5,6)7/h9-10,12,14-15,19H,8,11H2,1-7H3. The number of hydrogen-bond donors (Lipinski definition) is 1. The molecule has 0 heterocycles. The molecule has 0 saturated heterocycles. The highest BCUT2D eigenvalue weighted by Crippen LogP contribution is 2.28. The molecule has 0 radical (unpaired) electrons. The molecular weight excluding hydrogens is 246 g/mol. The summed E-state index contributed by atoms with van der Waals surface area (Å²) in [4.78, 5) is 0. The van der Waals surface area contributed by atoms with E-state index in [0.29, 0.717) is 6.04 Å². The lowest BCUT2D eigenvalue weighted by Gasteiger charge is -2.25. The van der Waals surface area contributed by atoms with Gasteiger partial charge < -0.3 is 10.1 Å². The van der Waals surface area contributed by atoms with Crippen LogP contribution in [0.2, 0.25) is 0 Å². The smallest absolute Gasteiger partial charge is 0.122 e. The summed E-state index contributed by atoms with van der Waals surface area (Å²) in [6.45, 7) is 16.4. The van der Waals surface area contributed by atoms with Gasteiger partial charge in [-0.3, -0.25) is 0 Å². The van der Waals surface area contributed by atoms with Gasteiger partial charge in [-0.15, -0.1) is 0 Å². The van der Waals surface area contributed by atoms with Gasteiger partial charge in [-0.1, -0.05) is 39.8 Å². The lowest BCUT2D eigenvalue weighted by atomic mass is 9.86. The number of ether oxygens (including phenoxy) is 1. The van der Waals surface area contributed by atoms with E-state index >= 15 is 0 Å². The monoisotopic (exact) mass is 277 g/mol. The normalized spacial score (nSPS) is 14.9. The fourth-order valence-corrected chi connectivity index (χ4v) is 2.09. The molecule has 2 unspecified atom stereocenters. The van der Waals surface area contributed by atoms with Crippen LogP contribution in [0.3, 0.4) is 0 Å². The Labute approximate surface area is 124 Å². The average Bonchev–Trinajstić information content (AvgIpc) is 2.36. The van der Waals surface area contributed by atoms with E-state index in [1.54, 1.807) is 0 Å². The highest BCUT2D eigenvalue weighted by molar-refractivity contribution is 5.38. The Morgan fingerprint density at radius 2 is 1.85 bits per heavy atom. The summed E-state index contributed by atoms with van der Waals surface area (Å²) in [5.41, 5.74) is 2.75. The van der Waals surface area contributed by atoms with E-state index in [4.69, 9.17) is 4.74 Å². The van der Waals surface area contributed by atoms with Crippen LogP contribution < -0.4 is 10.1 Å². The molecule has 0 aromatic heterocycles. The number of aryl methyl sites for hydroxylation is 1. The highest BCUT2D eigenvalue weighted by atomic mass is 16.5. The molecule has 0 saturated carbocycles. The molecule has 1 rings (SSSR count). The summed E-state index contributed by atoms with van der Waals surface area (Å²) in [5, 5.41) is 3.48. The summed E-state index contributed by atoms with van der Waals surface area (Å²) in [6.07, 6.45) is 1.32. The maximum atomic E-state index is 6.11. The minimum atomic E-state index is 0.167. The molecular formula is C18H31NO. The Morgan fingerprint density at radius 1 is 1.20 bits per heavy atom. The van der Waals surface area contributed by atoms with Crippen molar-refractivity contribution in [3.8, 4) is 5.75 Å². The number of hydrogen-bond acceptors (Lipinski definition) is 2. The Balaban J connectivity index is 2.73. The van der Waals surface area contributed by atoms with Gasteiger partial charge in [-0.05, 0) is 56.3 Å². The number of rotatable bonds is 6. The predicted octanol–water partition coefficient (Wildman–Crippen LogP) is 4.45. The van der Waals surface area contributed by atoms with E-state index in [2.05, 4.69) is 72.0 Å². The Kier molecular flexibility index (Phi) is 6.07. The largest absolute Gasteiger partial charge is 0.489 e. The summed E-state index contributed by atoms with van der Waals surface area (Å²) >= 11 is 0. The van der Waals surface area contributed by atoms with Crippen molar-refractivity contribution in [2.45, 2.75) is 72.4 Å². The Hall–Kier alpha value is -1.02. The van der Waals surface area contributed by atoms with Gasteiger partial charge in [0.25, 0.3) is 0 Å². The Bertz CT molecular complexity index is 420. The first kappa shape index (κ1) is 17.0. The van der Waals surface area contributed by atoms with Gasteiger partial charge in [0.15, 0.2) is 0 Å². The molecule has 0 amide bonds. The van der Waals surface area contributed by atoms with E-state index < -0.39 is 0 Å². The lowest BCUT2D eigenvalue weighted by Crippen LogP contribution is -2.39. The molecule has 1 N–H and O–H groups in total.